The van der Waals surface area contributed by atoms with Crippen molar-refractivity contribution in [3.63, 3.8) is 0 Å². The van der Waals surface area contributed by atoms with Crippen molar-refractivity contribution < 1.29 is 43.9 Å². The summed E-state index contributed by atoms with van der Waals surface area (Å²) in [6.07, 6.45) is 3.64. The highest BCUT2D eigenvalue weighted by Crippen LogP contribution is 2.15. The molecule has 22 heavy (non-hydrogen) atoms. The molecule has 0 rings (SSSR count). The molecule has 0 aromatic rings. The number of hydrogen-bond donors (Lipinski definition) is 2. The maximum atomic E-state index is 11.2. The molecule has 0 aliphatic carbocycles. The molecule has 0 aliphatic rings. The van der Waals surface area contributed by atoms with Crippen molar-refractivity contribution in [1.82, 2.24) is 0 Å². The first-order valence-corrected chi connectivity index (χ1v) is 9.89. The number of quaternary nitrogens is 2. The van der Waals surface area contributed by atoms with E-state index < -0.39 is 9.84 Å². The van der Waals surface area contributed by atoms with Crippen molar-refractivity contribution in [3.8, 4) is 0 Å². The lowest BCUT2D eigenvalue weighted by Crippen LogP contribution is -3.06. The molecular formula is C15H38Cl2N2O2S. The van der Waals surface area contributed by atoms with E-state index in [4.69, 9.17) is 0 Å². The summed E-state index contributed by atoms with van der Waals surface area (Å²) in [5.41, 5.74) is 3.76. The van der Waals surface area contributed by atoms with Gasteiger partial charge in [-0.05, 0) is 12.3 Å². The molecule has 7 heteroatoms. The molecule has 3 unspecified atom stereocenters. The van der Waals surface area contributed by atoms with Crippen LogP contribution in [0.15, 0.2) is 0 Å². The quantitative estimate of drug-likeness (QED) is 0.440. The monoisotopic (exact) mass is 380 g/mol. The van der Waals surface area contributed by atoms with E-state index in [2.05, 4.69) is 47.5 Å². The van der Waals surface area contributed by atoms with Gasteiger partial charge in [0, 0.05) is 18.1 Å². The minimum absolute atomic E-state index is 0. The molecule has 0 saturated carbocycles. The van der Waals surface area contributed by atoms with Gasteiger partial charge in [0.05, 0.1) is 32.9 Å². The van der Waals surface area contributed by atoms with Crippen LogP contribution in [0.4, 0.5) is 0 Å². The van der Waals surface area contributed by atoms with Gasteiger partial charge in [-0.1, -0.05) is 34.1 Å². The van der Waals surface area contributed by atoms with Gasteiger partial charge >= 0.3 is 0 Å². The van der Waals surface area contributed by atoms with E-state index in [1.807, 2.05) is 0 Å². The van der Waals surface area contributed by atoms with Crippen molar-refractivity contribution in [2.24, 2.45) is 17.8 Å². The van der Waals surface area contributed by atoms with Crippen molar-refractivity contribution in [3.05, 3.63) is 0 Å². The molecule has 3 atom stereocenters. The third kappa shape index (κ3) is 20.5. The summed E-state index contributed by atoms with van der Waals surface area (Å²) < 4.78 is 22.5. The normalized spacial score (nSPS) is 14.8. The molecule has 0 amide bonds. The van der Waals surface area contributed by atoms with Gasteiger partial charge in [0.1, 0.15) is 9.84 Å². The minimum Gasteiger partial charge on any atom is -1.00 e. The zero-order chi connectivity index (χ0) is 16.3. The molecule has 140 valence electrons. The topological polar surface area (TPSA) is 66.2 Å². The smallest absolute Gasteiger partial charge is 0.147 e. The molecule has 0 aromatic heterocycles. The van der Waals surface area contributed by atoms with Gasteiger partial charge in [0.25, 0.3) is 0 Å². The van der Waals surface area contributed by atoms with Crippen LogP contribution in [-0.2, 0) is 9.84 Å². The second kappa shape index (κ2) is 16.3. The number of sulfone groups is 1. The van der Waals surface area contributed by atoms with Gasteiger partial charge in [-0.3, -0.25) is 0 Å². The maximum absolute atomic E-state index is 11.2. The molecule has 0 fully saturated rings. The van der Waals surface area contributed by atoms with Crippen molar-refractivity contribution in [1.29, 1.82) is 0 Å². The molecule has 0 aliphatic heterocycles. The van der Waals surface area contributed by atoms with Crippen molar-refractivity contribution >= 4 is 9.84 Å². The van der Waals surface area contributed by atoms with E-state index in [0.717, 1.165) is 25.4 Å². The molecule has 0 spiro atoms. The fraction of sp³-hybridized carbons (Fsp3) is 1.00. The highest BCUT2D eigenvalue weighted by Gasteiger charge is 2.23. The lowest BCUT2D eigenvalue weighted by Gasteiger charge is -2.23. The Balaban J connectivity index is -0.000000174. The molecule has 0 saturated heterocycles. The van der Waals surface area contributed by atoms with Gasteiger partial charge in [-0.25, -0.2) is 8.42 Å². The Morgan fingerprint density at radius 1 is 1.05 bits per heavy atom. The third-order valence-electron chi connectivity index (χ3n) is 3.83. The zero-order valence-corrected chi connectivity index (χ0v) is 17.8. The highest BCUT2D eigenvalue weighted by molar-refractivity contribution is 7.90. The van der Waals surface area contributed by atoms with Gasteiger partial charge in [-0.2, -0.15) is 0 Å². The number of halogens is 2. The first kappa shape index (κ1) is 30.3. The Bertz CT molecular complexity index is 322. The zero-order valence-electron chi connectivity index (χ0n) is 15.5. The summed E-state index contributed by atoms with van der Waals surface area (Å²) in [6.45, 7) is 10.7. The molecule has 0 aromatic carbocycles. The average Bonchev–Trinajstić information content (AvgIpc) is 2.34. The second-order valence-electron chi connectivity index (χ2n) is 6.45. The number of nitrogens with one attached hydrogen (secondary N) is 1. The number of rotatable bonds is 8. The Hall–Kier alpha value is 0.450. The van der Waals surface area contributed by atoms with Gasteiger partial charge in [0.2, 0.25) is 0 Å². The standard InChI is InChI=1S/C10H23NO2S.C5H13N.2ClH/c1-6-9(2)10(7-11(3)4)8-14(5,12)13;1-3-5(2)4-6;;/h9-10H,6-8H2,1-5H3;5H,3-4,6H2,1-2H3;2*1H. The summed E-state index contributed by atoms with van der Waals surface area (Å²) >= 11 is 0. The summed E-state index contributed by atoms with van der Waals surface area (Å²) in [5, 5.41) is 0. The largest absolute Gasteiger partial charge is 1.00 e. The predicted octanol–water partition coefficient (Wildman–Crippen LogP) is -5.88. The van der Waals surface area contributed by atoms with E-state index in [1.165, 1.54) is 17.6 Å². The second-order valence-corrected chi connectivity index (χ2v) is 8.64. The summed E-state index contributed by atoms with van der Waals surface area (Å²) in [4.78, 5) is 1.32. The summed E-state index contributed by atoms with van der Waals surface area (Å²) in [5.74, 6) is 1.93. The lowest BCUT2D eigenvalue weighted by molar-refractivity contribution is -0.862. The summed E-state index contributed by atoms with van der Waals surface area (Å²) in [7, 11) is 1.30. The predicted molar refractivity (Wildman–Crippen MR) is 87.5 cm³/mol. The van der Waals surface area contributed by atoms with Crippen LogP contribution in [0, 0.1) is 17.8 Å². The fourth-order valence-electron chi connectivity index (χ4n) is 1.88. The molecule has 0 radical (unpaired) electrons. The minimum atomic E-state index is -2.84. The maximum Gasteiger partial charge on any atom is 0.147 e. The first-order chi connectivity index (χ1) is 9.07. The van der Waals surface area contributed by atoms with Crippen LogP contribution < -0.4 is 35.4 Å². The van der Waals surface area contributed by atoms with E-state index >= 15 is 0 Å². The van der Waals surface area contributed by atoms with Crippen LogP contribution in [0.2, 0.25) is 0 Å². The Morgan fingerprint density at radius 3 is 1.68 bits per heavy atom. The van der Waals surface area contributed by atoms with E-state index in [-0.39, 0.29) is 24.8 Å². The molecule has 0 heterocycles. The Morgan fingerprint density at radius 2 is 1.50 bits per heavy atom. The van der Waals surface area contributed by atoms with Crippen LogP contribution in [0.1, 0.15) is 40.5 Å². The first-order valence-electron chi connectivity index (χ1n) is 7.83. The molecule has 0 bridgehead atoms. The van der Waals surface area contributed by atoms with Crippen LogP contribution in [0.3, 0.4) is 0 Å². The van der Waals surface area contributed by atoms with Crippen LogP contribution >= 0.6 is 0 Å². The third-order valence-corrected chi connectivity index (χ3v) is 4.86. The Kier molecular flexibility index (Phi) is 22.5. The van der Waals surface area contributed by atoms with Gasteiger partial charge in [0.15, 0.2) is 0 Å². The van der Waals surface area contributed by atoms with Crippen LogP contribution in [0.5, 0.6) is 0 Å². The molecular weight excluding hydrogens is 343 g/mol. The lowest BCUT2D eigenvalue weighted by atomic mass is 9.93. The highest BCUT2D eigenvalue weighted by atomic mass is 35.5. The SMILES string of the molecule is CCC(C)C(C[NH+](C)C)CS(C)(=O)=O.CCC(C)C[NH3+].[Cl-].[Cl-]. The van der Waals surface area contributed by atoms with Crippen molar-refractivity contribution in [2.45, 2.75) is 40.5 Å². The van der Waals surface area contributed by atoms with E-state index in [1.54, 1.807) is 0 Å². The molecule has 4 nitrogen and oxygen atoms in total. The average molecular weight is 381 g/mol. The number of hydrogen-bond acceptors (Lipinski definition) is 2. The van der Waals surface area contributed by atoms with Gasteiger partial charge in [-0.15, -0.1) is 0 Å². The van der Waals surface area contributed by atoms with Crippen molar-refractivity contribution in [2.75, 3.05) is 39.2 Å². The van der Waals surface area contributed by atoms with Crippen LogP contribution in [0.25, 0.3) is 0 Å². The summed E-state index contributed by atoms with van der Waals surface area (Å²) in [6, 6.07) is 0. The van der Waals surface area contributed by atoms with E-state index in [0.29, 0.717) is 17.6 Å². The van der Waals surface area contributed by atoms with E-state index in [9.17, 15) is 8.42 Å². The van der Waals surface area contributed by atoms with Crippen LogP contribution in [-0.4, -0.2) is 47.6 Å². The molecule has 4 N–H and O–H groups in total. The fourth-order valence-corrected chi connectivity index (χ4v) is 3.10. The Labute approximate surface area is 151 Å². The van der Waals surface area contributed by atoms with Gasteiger partial charge < -0.3 is 35.4 Å².